The third kappa shape index (κ3) is 3.04. The highest BCUT2D eigenvalue weighted by Gasteiger charge is 2.30. The van der Waals surface area contributed by atoms with Crippen molar-refractivity contribution in [2.75, 3.05) is 0 Å². The third-order valence-corrected chi connectivity index (χ3v) is 2.56. The van der Waals surface area contributed by atoms with Crippen LogP contribution in [-0.2, 0) is 0 Å². The quantitative estimate of drug-likeness (QED) is 0.840. The highest BCUT2D eigenvalue weighted by molar-refractivity contribution is 9.10. The van der Waals surface area contributed by atoms with E-state index in [-0.39, 0.29) is 5.75 Å². The molecule has 0 N–H and O–H groups in total. The van der Waals surface area contributed by atoms with Gasteiger partial charge < -0.3 is 4.74 Å². The molecule has 0 aliphatic heterocycles. The zero-order valence-electron chi connectivity index (χ0n) is 9.20. The molecule has 0 aliphatic carbocycles. The van der Waals surface area contributed by atoms with Crippen molar-refractivity contribution in [3.05, 3.63) is 40.6 Å². The maximum absolute atomic E-state index is 12.0. The molecule has 0 bridgehead atoms. The first-order chi connectivity index (χ1) is 8.35. The molecule has 18 heavy (non-hydrogen) atoms. The summed E-state index contributed by atoms with van der Waals surface area (Å²) in [5, 5.41) is 4.16. The number of aromatic nitrogens is 2. The standard InChI is InChI=1S/C11H8BrF3N2O/c1-7-6-10(12)16-17(7)8-2-4-9(5-3-8)18-11(13,14)15/h2-6H,1H3. The molecule has 0 atom stereocenters. The molecule has 2 aromatic rings. The Bertz CT molecular complexity index is 548. The second kappa shape index (κ2) is 4.64. The fourth-order valence-electron chi connectivity index (χ4n) is 1.49. The van der Waals surface area contributed by atoms with E-state index in [2.05, 4.69) is 25.8 Å². The van der Waals surface area contributed by atoms with Crippen molar-refractivity contribution in [2.24, 2.45) is 0 Å². The Morgan fingerprint density at radius 1 is 1.22 bits per heavy atom. The van der Waals surface area contributed by atoms with Crippen LogP contribution in [0, 0.1) is 6.92 Å². The Balaban J connectivity index is 2.25. The molecule has 3 nitrogen and oxygen atoms in total. The molecule has 1 heterocycles. The Morgan fingerprint density at radius 3 is 2.28 bits per heavy atom. The summed E-state index contributed by atoms with van der Waals surface area (Å²) in [7, 11) is 0. The first-order valence-corrected chi connectivity index (χ1v) is 5.73. The van der Waals surface area contributed by atoms with Crippen molar-refractivity contribution in [2.45, 2.75) is 13.3 Å². The number of nitrogens with zero attached hydrogens (tertiary/aromatic N) is 2. The van der Waals surface area contributed by atoms with Crippen molar-refractivity contribution < 1.29 is 17.9 Å². The largest absolute Gasteiger partial charge is 0.573 e. The van der Waals surface area contributed by atoms with E-state index in [9.17, 15) is 13.2 Å². The topological polar surface area (TPSA) is 27.1 Å². The normalized spacial score (nSPS) is 11.6. The molecule has 0 amide bonds. The van der Waals surface area contributed by atoms with E-state index in [1.54, 1.807) is 10.7 Å². The van der Waals surface area contributed by atoms with E-state index in [0.29, 0.717) is 10.3 Å². The van der Waals surface area contributed by atoms with Gasteiger partial charge in [0.1, 0.15) is 10.4 Å². The van der Waals surface area contributed by atoms with Crippen LogP contribution in [0.5, 0.6) is 5.75 Å². The van der Waals surface area contributed by atoms with Crippen LogP contribution in [0.15, 0.2) is 34.9 Å². The van der Waals surface area contributed by atoms with Crippen molar-refractivity contribution in [3.8, 4) is 11.4 Å². The molecule has 0 aliphatic rings. The van der Waals surface area contributed by atoms with Crippen LogP contribution < -0.4 is 4.74 Å². The maximum atomic E-state index is 12.0. The Morgan fingerprint density at radius 2 is 1.83 bits per heavy atom. The van der Waals surface area contributed by atoms with Crippen LogP contribution in [0.2, 0.25) is 0 Å². The highest BCUT2D eigenvalue weighted by atomic mass is 79.9. The van der Waals surface area contributed by atoms with Gasteiger partial charge in [0, 0.05) is 5.69 Å². The van der Waals surface area contributed by atoms with Crippen molar-refractivity contribution in [3.63, 3.8) is 0 Å². The summed E-state index contributed by atoms with van der Waals surface area (Å²) in [5.41, 5.74) is 1.53. The minimum absolute atomic E-state index is 0.255. The van der Waals surface area contributed by atoms with E-state index in [4.69, 9.17) is 0 Å². The molecule has 0 saturated heterocycles. The van der Waals surface area contributed by atoms with Gasteiger partial charge in [-0.25, -0.2) is 4.68 Å². The summed E-state index contributed by atoms with van der Waals surface area (Å²) in [6, 6.07) is 7.32. The van der Waals surface area contributed by atoms with Gasteiger partial charge in [-0.1, -0.05) is 0 Å². The highest BCUT2D eigenvalue weighted by Crippen LogP contribution is 2.24. The lowest BCUT2D eigenvalue weighted by molar-refractivity contribution is -0.274. The molecular weight excluding hydrogens is 313 g/mol. The van der Waals surface area contributed by atoms with E-state index in [0.717, 1.165) is 5.69 Å². The van der Waals surface area contributed by atoms with Gasteiger partial charge >= 0.3 is 6.36 Å². The first-order valence-electron chi connectivity index (χ1n) is 4.93. The summed E-state index contributed by atoms with van der Waals surface area (Å²) in [6.45, 7) is 1.85. The Hall–Kier alpha value is -1.50. The number of aryl methyl sites for hydroxylation is 1. The van der Waals surface area contributed by atoms with Gasteiger partial charge in [-0.2, -0.15) is 5.10 Å². The van der Waals surface area contributed by atoms with Crippen LogP contribution in [0.1, 0.15) is 5.69 Å². The maximum Gasteiger partial charge on any atom is 0.573 e. The molecule has 1 aromatic heterocycles. The molecule has 1 aromatic carbocycles. The average molecular weight is 321 g/mol. The van der Waals surface area contributed by atoms with Crippen molar-refractivity contribution >= 4 is 15.9 Å². The summed E-state index contributed by atoms with van der Waals surface area (Å²) in [6.07, 6.45) is -4.67. The summed E-state index contributed by atoms with van der Waals surface area (Å²) < 4.78 is 42.0. The van der Waals surface area contributed by atoms with Crippen LogP contribution in [-0.4, -0.2) is 16.1 Å². The van der Waals surface area contributed by atoms with Gasteiger partial charge in [0.2, 0.25) is 0 Å². The minimum Gasteiger partial charge on any atom is -0.406 e. The van der Waals surface area contributed by atoms with Gasteiger partial charge in [0.05, 0.1) is 5.69 Å². The molecule has 7 heteroatoms. The summed E-state index contributed by atoms with van der Waals surface area (Å²) in [5.74, 6) is -0.255. The predicted molar refractivity (Wildman–Crippen MR) is 62.7 cm³/mol. The fourth-order valence-corrected chi connectivity index (χ4v) is 1.98. The smallest absolute Gasteiger partial charge is 0.406 e. The lowest BCUT2D eigenvalue weighted by Crippen LogP contribution is -2.17. The number of hydrogen-bond acceptors (Lipinski definition) is 2. The monoisotopic (exact) mass is 320 g/mol. The molecule has 96 valence electrons. The molecular formula is C11H8BrF3N2O. The summed E-state index contributed by atoms with van der Waals surface area (Å²) >= 11 is 3.23. The first kappa shape index (κ1) is 12.9. The molecule has 0 fully saturated rings. The molecule has 2 rings (SSSR count). The van der Waals surface area contributed by atoms with Crippen LogP contribution in [0.4, 0.5) is 13.2 Å². The van der Waals surface area contributed by atoms with Crippen LogP contribution >= 0.6 is 15.9 Å². The van der Waals surface area contributed by atoms with Gasteiger partial charge in [-0.3, -0.25) is 0 Å². The average Bonchev–Trinajstić information content (AvgIpc) is 2.57. The lowest BCUT2D eigenvalue weighted by Gasteiger charge is -2.09. The zero-order chi connectivity index (χ0) is 13.3. The van der Waals surface area contributed by atoms with Gasteiger partial charge in [-0.05, 0) is 53.2 Å². The number of halogens is 4. The van der Waals surface area contributed by atoms with Crippen LogP contribution in [0.25, 0.3) is 5.69 Å². The molecule has 0 unspecified atom stereocenters. The third-order valence-electron chi connectivity index (χ3n) is 2.17. The number of rotatable bonds is 2. The number of hydrogen-bond donors (Lipinski definition) is 0. The fraction of sp³-hybridized carbons (Fsp3) is 0.182. The number of ether oxygens (including phenoxy) is 1. The van der Waals surface area contributed by atoms with E-state index < -0.39 is 6.36 Å². The number of benzene rings is 1. The van der Waals surface area contributed by atoms with Crippen LogP contribution in [0.3, 0.4) is 0 Å². The van der Waals surface area contributed by atoms with E-state index >= 15 is 0 Å². The Labute approximate surface area is 109 Å². The van der Waals surface area contributed by atoms with Gasteiger partial charge in [0.25, 0.3) is 0 Å². The second-order valence-electron chi connectivity index (χ2n) is 3.56. The minimum atomic E-state index is -4.67. The van der Waals surface area contributed by atoms with Gasteiger partial charge in [0.15, 0.2) is 0 Å². The lowest BCUT2D eigenvalue weighted by atomic mass is 10.3. The Kier molecular flexibility index (Phi) is 3.34. The van der Waals surface area contributed by atoms with Crippen molar-refractivity contribution in [1.29, 1.82) is 0 Å². The molecule has 0 radical (unpaired) electrons. The zero-order valence-corrected chi connectivity index (χ0v) is 10.8. The van der Waals surface area contributed by atoms with Crippen molar-refractivity contribution in [1.82, 2.24) is 9.78 Å². The van der Waals surface area contributed by atoms with E-state index in [1.807, 2.05) is 6.92 Å². The molecule has 0 spiro atoms. The molecule has 0 saturated carbocycles. The van der Waals surface area contributed by atoms with Gasteiger partial charge in [-0.15, -0.1) is 13.2 Å². The second-order valence-corrected chi connectivity index (χ2v) is 4.37. The van der Waals surface area contributed by atoms with E-state index in [1.165, 1.54) is 24.3 Å². The number of alkyl halides is 3. The summed E-state index contributed by atoms with van der Waals surface area (Å²) in [4.78, 5) is 0. The predicted octanol–water partition coefficient (Wildman–Crippen LogP) is 3.84. The SMILES string of the molecule is Cc1cc(Br)nn1-c1ccc(OC(F)(F)F)cc1.